The highest BCUT2D eigenvalue weighted by Gasteiger charge is 2.48. The maximum atomic E-state index is 11.4. The van der Waals surface area contributed by atoms with Crippen LogP contribution in [0.1, 0.15) is 31.4 Å². The molecule has 0 saturated carbocycles. The maximum Gasteiger partial charge on any atom is 0.335 e. The van der Waals surface area contributed by atoms with Crippen molar-refractivity contribution in [2.45, 2.75) is 88.4 Å². The molecule has 0 radical (unpaired) electrons. The van der Waals surface area contributed by atoms with Crippen molar-refractivity contribution in [3.8, 4) is 23.0 Å². The molecule has 7 N–H and O–H groups in total. The lowest BCUT2D eigenvalue weighted by molar-refractivity contribution is -0.271. The molecule has 2 aliphatic heterocycles. The zero-order valence-corrected chi connectivity index (χ0v) is 26.3. The van der Waals surface area contributed by atoms with Gasteiger partial charge >= 0.3 is 11.9 Å². The molecule has 2 heterocycles. The summed E-state index contributed by atoms with van der Waals surface area (Å²) in [7, 11) is 2.89. The van der Waals surface area contributed by atoms with Crippen molar-refractivity contribution >= 4 is 11.9 Å². The SMILES string of the molecule is COc1cc(CC(C)C(C)Cc2ccc(O[C@@H]3O[C@H](C(=O)O)[C@@H](O)[C@H](O)[C@H]3O)c(OC)c2)ccc1O[C@H]1C[C@@H](O)[C@H](O)[C@@H](C(=O)O)O1. The fourth-order valence-corrected chi connectivity index (χ4v) is 5.55. The molecule has 0 amide bonds. The molecular formula is C32H42O15. The van der Waals surface area contributed by atoms with Crippen LogP contribution in [0.15, 0.2) is 36.4 Å². The number of aliphatic carboxylic acids is 2. The highest BCUT2D eigenvalue weighted by Crippen LogP contribution is 2.35. The third-order valence-corrected chi connectivity index (χ3v) is 8.54. The van der Waals surface area contributed by atoms with Gasteiger partial charge in [-0.15, -0.1) is 0 Å². The number of carboxylic acid groups (broad SMARTS) is 2. The number of ether oxygens (including phenoxy) is 6. The highest BCUT2D eigenvalue weighted by molar-refractivity contribution is 5.73. The summed E-state index contributed by atoms with van der Waals surface area (Å²) in [4.78, 5) is 22.8. The van der Waals surface area contributed by atoms with Crippen LogP contribution in [0.4, 0.5) is 0 Å². The smallest absolute Gasteiger partial charge is 0.335 e. The first kappa shape index (κ1) is 36.1. The van der Waals surface area contributed by atoms with E-state index in [0.717, 1.165) is 11.1 Å². The van der Waals surface area contributed by atoms with Crippen molar-refractivity contribution in [2.75, 3.05) is 14.2 Å². The number of methoxy groups -OCH3 is 2. The lowest BCUT2D eigenvalue weighted by atomic mass is 9.85. The first-order chi connectivity index (χ1) is 22.2. The van der Waals surface area contributed by atoms with Crippen molar-refractivity contribution in [1.29, 1.82) is 0 Å². The maximum absolute atomic E-state index is 11.4. The molecule has 4 rings (SSSR count). The normalized spacial score (nSPS) is 30.5. The summed E-state index contributed by atoms with van der Waals surface area (Å²) in [5.74, 6) is -1.43. The fourth-order valence-electron chi connectivity index (χ4n) is 5.55. The van der Waals surface area contributed by atoms with Gasteiger partial charge in [-0.25, -0.2) is 9.59 Å². The minimum absolute atomic E-state index is 0.128. The quantitative estimate of drug-likeness (QED) is 0.153. The number of benzene rings is 2. The second kappa shape index (κ2) is 15.5. The number of aliphatic hydroxyl groups is 5. The molecule has 260 valence electrons. The van der Waals surface area contributed by atoms with Crippen molar-refractivity contribution < 1.29 is 73.8 Å². The van der Waals surface area contributed by atoms with Crippen LogP contribution in [-0.4, -0.2) is 117 Å². The molecule has 2 unspecified atom stereocenters. The highest BCUT2D eigenvalue weighted by atomic mass is 16.7. The number of rotatable bonds is 13. The second-order valence-corrected chi connectivity index (χ2v) is 11.9. The van der Waals surface area contributed by atoms with Crippen molar-refractivity contribution in [1.82, 2.24) is 0 Å². The van der Waals surface area contributed by atoms with Gasteiger partial charge in [-0.2, -0.15) is 0 Å². The zero-order chi connectivity index (χ0) is 34.6. The molecule has 15 nitrogen and oxygen atoms in total. The van der Waals surface area contributed by atoms with Crippen LogP contribution in [0.2, 0.25) is 0 Å². The average Bonchev–Trinajstić information content (AvgIpc) is 3.03. The van der Waals surface area contributed by atoms with E-state index >= 15 is 0 Å². The van der Waals surface area contributed by atoms with Crippen LogP contribution in [0.3, 0.4) is 0 Å². The third kappa shape index (κ3) is 8.43. The molecule has 2 saturated heterocycles. The van der Waals surface area contributed by atoms with E-state index in [1.165, 1.54) is 14.2 Å². The van der Waals surface area contributed by atoms with Crippen LogP contribution in [0, 0.1) is 11.8 Å². The molecule has 0 spiro atoms. The molecule has 15 heteroatoms. The number of aliphatic hydroxyl groups excluding tert-OH is 5. The van der Waals surface area contributed by atoms with Gasteiger partial charge in [0.1, 0.15) is 24.4 Å². The average molecular weight is 667 g/mol. The summed E-state index contributed by atoms with van der Waals surface area (Å²) in [5, 5.41) is 68.8. The monoisotopic (exact) mass is 666 g/mol. The largest absolute Gasteiger partial charge is 0.493 e. The lowest BCUT2D eigenvalue weighted by Crippen LogP contribution is -2.61. The summed E-state index contributed by atoms with van der Waals surface area (Å²) in [5.41, 5.74) is 1.87. The Hall–Kier alpha value is -3.70. The summed E-state index contributed by atoms with van der Waals surface area (Å²) < 4.78 is 33.0. The Balaban J connectivity index is 1.38. The molecule has 2 aromatic carbocycles. The van der Waals surface area contributed by atoms with E-state index in [0.29, 0.717) is 30.1 Å². The standard InChI is InChI=1S/C32H42O15/c1-14(9-16-5-7-19(21(11-16)42-3)44-23-13-18(33)24(34)28(46-23)30(38)39)15(2)10-17-6-8-20(22(12-17)43-4)45-32-27(37)25(35)26(36)29(47-32)31(40)41/h5-8,11-12,14-15,18,23-29,32-37H,9-10,13H2,1-4H3,(H,38,39)(H,40,41)/t14?,15?,18-,23-,24+,25+,26+,27-,28+,29+,32-/m1/s1. The van der Waals surface area contributed by atoms with E-state index in [1.807, 2.05) is 12.1 Å². The first-order valence-corrected chi connectivity index (χ1v) is 15.1. The summed E-state index contributed by atoms with van der Waals surface area (Å²) in [6, 6.07) is 10.5. The fraction of sp³-hybridized carbons (Fsp3) is 0.562. The van der Waals surface area contributed by atoms with Crippen molar-refractivity contribution in [3.63, 3.8) is 0 Å². The van der Waals surface area contributed by atoms with Crippen LogP contribution in [0.5, 0.6) is 23.0 Å². The Morgan fingerprint density at radius 3 is 1.68 bits per heavy atom. The van der Waals surface area contributed by atoms with Gasteiger partial charge in [-0.1, -0.05) is 26.0 Å². The molecule has 0 aliphatic carbocycles. The number of carboxylic acids is 2. The molecule has 2 aromatic rings. The van der Waals surface area contributed by atoms with E-state index in [4.69, 9.17) is 28.4 Å². The summed E-state index contributed by atoms with van der Waals surface area (Å²) in [6.45, 7) is 4.20. The summed E-state index contributed by atoms with van der Waals surface area (Å²) in [6.07, 6.45) is -13.1. The lowest BCUT2D eigenvalue weighted by Gasteiger charge is -2.38. The van der Waals surface area contributed by atoms with E-state index < -0.39 is 67.2 Å². The Morgan fingerprint density at radius 2 is 1.19 bits per heavy atom. The van der Waals surface area contributed by atoms with Crippen molar-refractivity contribution in [3.05, 3.63) is 47.5 Å². The van der Waals surface area contributed by atoms with Gasteiger partial charge in [0.05, 0.1) is 20.3 Å². The number of hydrogen-bond donors (Lipinski definition) is 7. The first-order valence-electron chi connectivity index (χ1n) is 15.1. The molecule has 2 fully saturated rings. The molecule has 11 atom stereocenters. The van der Waals surface area contributed by atoms with Gasteiger partial charge in [0, 0.05) is 6.42 Å². The Kier molecular flexibility index (Phi) is 11.9. The minimum Gasteiger partial charge on any atom is -0.493 e. The van der Waals surface area contributed by atoms with Gasteiger partial charge in [-0.05, 0) is 60.1 Å². The van der Waals surface area contributed by atoms with E-state index in [1.54, 1.807) is 24.3 Å². The topological polar surface area (TPSA) is 231 Å². The Morgan fingerprint density at radius 1 is 0.702 bits per heavy atom. The van der Waals surface area contributed by atoms with Gasteiger partial charge in [0.2, 0.25) is 12.6 Å². The number of hydrogen-bond acceptors (Lipinski definition) is 13. The number of carbonyl (C=O) groups is 2. The Bertz CT molecular complexity index is 1380. The Labute approximate surface area is 270 Å². The predicted molar refractivity (Wildman–Crippen MR) is 160 cm³/mol. The second-order valence-electron chi connectivity index (χ2n) is 11.9. The van der Waals surface area contributed by atoms with Crippen molar-refractivity contribution in [2.24, 2.45) is 11.8 Å². The zero-order valence-electron chi connectivity index (χ0n) is 26.3. The molecule has 2 aliphatic rings. The third-order valence-electron chi connectivity index (χ3n) is 8.54. The molecule has 47 heavy (non-hydrogen) atoms. The van der Waals surface area contributed by atoms with Gasteiger partial charge in [0.25, 0.3) is 0 Å². The summed E-state index contributed by atoms with van der Waals surface area (Å²) >= 11 is 0. The van der Waals surface area contributed by atoms with Gasteiger partial charge in [-0.3, -0.25) is 0 Å². The molecule has 0 aromatic heterocycles. The molecule has 0 bridgehead atoms. The van der Waals surface area contributed by atoms with Gasteiger partial charge < -0.3 is 64.2 Å². The minimum atomic E-state index is -1.84. The van der Waals surface area contributed by atoms with E-state index in [2.05, 4.69) is 13.8 Å². The predicted octanol–water partition coefficient (Wildman–Crippen LogP) is 0.332. The van der Waals surface area contributed by atoms with Crippen LogP contribution < -0.4 is 18.9 Å². The van der Waals surface area contributed by atoms with E-state index in [-0.39, 0.29) is 24.0 Å². The van der Waals surface area contributed by atoms with E-state index in [9.17, 15) is 45.3 Å². The van der Waals surface area contributed by atoms with Gasteiger partial charge in [0.15, 0.2) is 35.2 Å². The van der Waals surface area contributed by atoms with Crippen LogP contribution in [-0.2, 0) is 31.9 Å². The van der Waals surface area contributed by atoms with Crippen LogP contribution in [0.25, 0.3) is 0 Å². The molecular weight excluding hydrogens is 624 g/mol. The van der Waals surface area contributed by atoms with Crippen LogP contribution >= 0.6 is 0 Å².